The van der Waals surface area contributed by atoms with E-state index in [1.54, 1.807) is 17.4 Å². The molecule has 0 amide bonds. The van der Waals surface area contributed by atoms with Crippen LogP contribution >= 0.6 is 11.3 Å². The van der Waals surface area contributed by atoms with Gasteiger partial charge in [0.2, 0.25) is 10.0 Å². The maximum atomic E-state index is 12.3. The normalized spacial score (nSPS) is 13.4. The third-order valence-corrected chi connectivity index (χ3v) is 5.37. The second-order valence-corrected chi connectivity index (χ2v) is 7.49. The number of sulfonamides is 1. The average molecular weight is 327 g/mol. The Bertz CT molecular complexity index is 648. The van der Waals surface area contributed by atoms with Gasteiger partial charge in [-0.3, -0.25) is 0 Å². The lowest BCUT2D eigenvalue weighted by Crippen LogP contribution is -2.33. The van der Waals surface area contributed by atoms with Gasteiger partial charge in [0.15, 0.2) is 0 Å². The quantitative estimate of drug-likeness (QED) is 0.695. The van der Waals surface area contributed by atoms with E-state index in [9.17, 15) is 8.42 Å². The molecule has 2 aromatic rings. The van der Waals surface area contributed by atoms with Gasteiger partial charge in [0.1, 0.15) is 0 Å². The van der Waals surface area contributed by atoms with Crippen molar-refractivity contribution in [2.45, 2.75) is 37.8 Å². The van der Waals surface area contributed by atoms with Crippen LogP contribution in [-0.4, -0.2) is 26.0 Å². The first-order chi connectivity index (χ1) is 10.0. The average Bonchev–Trinajstić information content (AvgIpc) is 3.06. The molecule has 0 aliphatic heterocycles. The standard InChI is InChI=1S/C14H21N3O2S2/c1-3-15-8-13-7-14(9-16-13)21(18,19)17-11(2)6-12-4-5-20-10-12/h4-5,7,9-11,15-17H,3,6,8H2,1-2H3. The summed E-state index contributed by atoms with van der Waals surface area (Å²) >= 11 is 1.62. The number of H-pyrrole nitrogens is 1. The van der Waals surface area contributed by atoms with Gasteiger partial charge in [0, 0.05) is 24.5 Å². The predicted molar refractivity (Wildman–Crippen MR) is 86.0 cm³/mol. The first-order valence-corrected chi connectivity index (χ1v) is 9.35. The van der Waals surface area contributed by atoms with Gasteiger partial charge in [-0.25, -0.2) is 13.1 Å². The van der Waals surface area contributed by atoms with Crippen molar-refractivity contribution in [1.29, 1.82) is 0 Å². The van der Waals surface area contributed by atoms with E-state index in [1.165, 1.54) is 6.20 Å². The molecule has 0 aliphatic carbocycles. The van der Waals surface area contributed by atoms with Crippen LogP contribution in [0.15, 0.2) is 34.0 Å². The Balaban J connectivity index is 1.98. The molecule has 0 bridgehead atoms. The van der Waals surface area contributed by atoms with Gasteiger partial charge in [-0.1, -0.05) is 6.92 Å². The molecule has 5 nitrogen and oxygen atoms in total. The predicted octanol–water partition coefficient (Wildman–Crippen LogP) is 2.10. The zero-order valence-corrected chi connectivity index (χ0v) is 13.9. The number of hydrogen-bond acceptors (Lipinski definition) is 4. The Morgan fingerprint density at radius 2 is 2.24 bits per heavy atom. The van der Waals surface area contributed by atoms with Gasteiger partial charge in [-0.05, 0) is 48.3 Å². The van der Waals surface area contributed by atoms with Crippen molar-refractivity contribution in [2.24, 2.45) is 0 Å². The smallest absolute Gasteiger partial charge is 0.242 e. The lowest BCUT2D eigenvalue weighted by molar-refractivity contribution is 0.560. The Morgan fingerprint density at radius 1 is 1.43 bits per heavy atom. The van der Waals surface area contributed by atoms with Crippen molar-refractivity contribution in [3.8, 4) is 0 Å². The van der Waals surface area contributed by atoms with Crippen LogP contribution in [0, 0.1) is 0 Å². The third-order valence-electron chi connectivity index (χ3n) is 3.07. The van der Waals surface area contributed by atoms with Crippen LogP contribution in [0.1, 0.15) is 25.1 Å². The molecule has 0 fully saturated rings. The third kappa shape index (κ3) is 4.67. The topological polar surface area (TPSA) is 74.0 Å². The zero-order chi connectivity index (χ0) is 15.3. The molecule has 0 radical (unpaired) electrons. The van der Waals surface area contributed by atoms with Crippen molar-refractivity contribution in [3.05, 3.63) is 40.3 Å². The number of rotatable bonds is 8. The fourth-order valence-electron chi connectivity index (χ4n) is 2.07. The van der Waals surface area contributed by atoms with Crippen LogP contribution in [0.25, 0.3) is 0 Å². The number of hydrogen-bond donors (Lipinski definition) is 3. The summed E-state index contributed by atoms with van der Waals surface area (Å²) in [5.74, 6) is 0. The monoisotopic (exact) mass is 327 g/mol. The summed E-state index contributed by atoms with van der Waals surface area (Å²) in [6.07, 6.45) is 2.23. The SMILES string of the molecule is CCNCc1cc(S(=O)(=O)NC(C)Cc2ccsc2)c[nH]1. The van der Waals surface area contributed by atoms with Crippen molar-refractivity contribution >= 4 is 21.4 Å². The fourth-order valence-corrected chi connectivity index (χ4v) is 4.01. The van der Waals surface area contributed by atoms with E-state index in [1.807, 2.05) is 30.7 Å². The highest BCUT2D eigenvalue weighted by Crippen LogP contribution is 2.13. The minimum Gasteiger partial charge on any atom is -0.363 e. The summed E-state index contributed by atoms with van der Waals surface area (Å²) in [4.78, 5) is 3.27. The zero-order valence-electron chi connectivity index (χ0n) is 12.2. The van der Waals surface area contributed by atoms with Crippen molar-refractivity contribution in [3.63, 3.8) is 0 Å². The first-order valence-electron chi connectivity index (χ1n) is 6.92. The van der Waals surface area contributed by atoms with Gasteiger partial charge in [0.05, 0.1) is 4.90 Å². The van der Waals surface area contributed by atoms with Gasteiger partial charge in [-0.15, -0.1) is 0 Å². The van der Waals surface area contributed by atoms with Gasteiger partial charge in [0.25, 0.3) is 0 Å². The highest BCUT2D eigenvalue weighted by molar-refractivity contribution is 7.89. The van der Waals surface area contributed by atoms with E-state index in [-0.39, 0.29) is 10.9 Å². The van der Waals surface area contributed by atoms with E-state index < -0.39 is 10.0 Å². The molecule has 21 heavy (non-hydrogen) atoms. The molecule has 1 atom stereocenters. The van der Waals surface area contributed by atoms with E-state index in [0.29, 0.717) is 13.0 Å². The Hall–Kier alpha value is -1.15. The van der Waals surface area contributed by atoms with Crippen LogP contribution in [0.3, 0.4) is 0 Å². The summed E-state index contributed by atoms with van der Waals surface area (Å²) in [6.45, 7) is 5.36. The van der Waals surface area contributed by atoms with E-state index in [4.69, 9.17) is 0 Å². The lowest BCUT2D eigenvalue weighted by atomic mass is 10.1. The highest BCUT2D eigenvalue weighted by Gasteiger charge is 2.19. The lowest BCUT2D eigenvalue weighted by Gasteiger charge is -2.12. The van der Waals surface area contributed by atoms with E-state index in [2.05, 4.69) is 15.0 Å². The van der Waals surface area contributed by atoms with Crippen molar-refractivity contribution in [2.75, 3.05) is 6.54 Å². The van der Waals surface area contributed by atoms with Crippen LogP contribution in [0.4, 0.5) is 0 Å². The molecular formula is C14H21N3O2S2. The molecule has 0 saturated heterocycles. The molecule has 0 aliphatic rings. The van der Waals surface area contributed by atoms with E-state index in [0.717, 1.165) is 17.8 Å². The Kier molecular flexibility index (Phi) is 5.58. The molecule has 2 rings (SSSR count). The minimum absolute atomic E-state index is 0.142. The maximum absolute atomic E-state index is 12.3. The molecule has 0 aromatic carbocycles. The van der Waals surface area contributed by atoms with Crippen molar-refractivity contribution in [1.82, 2.24) is 15.0 Å². The molecule has 3 N–H and O–H groups in total. The molecule has 7 heteroatoms. The number of aromatic nitrogens is 1. The van der Waals surface area contributed by atoms with Crippen LogP contribution in [-0.2, 0) is 23.0 Å². The Morgan fingerprint density at radius 3 is 2.90 bits per heavy atom. The summed E-state index contributed by atoms with van der Waals surface area (Å²) < 4.78 is 27.3. The number of aromatic amines is 1. The van der Waals surface area contributed by atoms with Gasteiger partial charge >= 0.3 is 0 Å². The molecule has 0 spiro atoms. The number of thiophene rings is 1. The van der Waals surface area contributed by atoms with Crippen LogP contribution in [0.2, 0.25) is 0 Å². The summed E-state index contributed by atoms with van der Waals surface area (Å²) in [5.41, 5.74) is 2.01. The molecule has 2 aromatic heterocycles. The summed E-state index contributed by atoms with van der Waals surface area (Å²) in [7, 11) is -3.47. The van der Waals surface area contributed by atoms with Gasteiger partial charge < -0.3 is 10.3 Å². The summed E-state index contributed by atoms with van der Waals surface area (Å²) in [6, 6.07) is 3.54. The minimum atomic E-state index is -3.47. The molecule has 1 unspecified atom stereocenters. The first kappa shape index (κ1) is 16.2. The second-order valence-electron chi connectivity index (χ2n) is 5.00. The molecular weight excluding hydrogens is 306 g/mol. The van der Waals surface area contributed by atoms with E-state index >= 15 is 0 Å². The molecule has 116 valence electrons. The second kappa shape index (κ2) is 7.22. The molecule has 0 saturated carbocycles. The maximum Gasteiger partial charge on any atom is 0.242 e. The summed E-state index contributed by atoms with van der Waals surface area (Å²) in [5, 5.41) is 7.19. The van der Waals surface area contributed by atoms with Crippen molar-refractivity contribution < 1.29 is 8.42 Å². The molecule has 2 heterocycles. The van der Waals surface area contributed by atoms with Gasteiger partial charge in [-0.2, -0.15) is 11.3 Å². The Labute approximate surface area is 129 Å². The highest BCUT2D eigenvalue weighted by atomic mass is 32.2. The van der Waals surface area contributed by atoms with Crippen LogP contribution in [0.5, 0.6) is 0 Å². The van der Waals surface area contributed by atoms with Crippen LogP contribution < -0.4 is 10.0 Å². The number of nitrogens with one attached hydrogen (secondary N) is 3. The largest absolute Gasteiger partial charge is 0.363 e. The fraction of sp³-hybridized carbons (Fsp3) is 0.429.